The number of aryl methyl sites for hydroxylation is 1. The van der Waals surface area contributed by atoms with E-state index < -0.39 is 0 Å². The molecule has 0 bridgehead atoms. The summed E-state index contributed by atoms with van der Waals surface area (Å²) in [6, 6.07) is 7.42. The van der Waals surface area contributed by atoms with Gasteiger partial charge in [-0.1, -0.05) is 19.9 Å². The Labute approximate surface area is 114 Å². The highest BCUT2D eigenvalue weighted by atomic mass is 15.1. The molecule has 1 heterocycles. The second kappa shape index (κ2) is 4.34. The first-order chi connectivity index (χ1) is 9.03. The molecule has 0 saturated heterocycles. The zero-order valence-electron chi connectivity index (χ0n) is 12.1. The molecule has 0 aliphatic heterocycles. The Kier molecular flexibility index (Phi) is 2.90. The highest BCUT2D eigenvalue weighted by Crippen LogP contribution is 2.39. The number of rotatable bonds is 4. The van der Waals surface area contributed by atoms with Crippen LogP contribution in [-0.2, 0) is 5.41 Å². The summed E-state index contributed by atoms with van der Waals surface area (Å²) in [5.74, 6) is 1.14. The predicted octanol–water partition coefficient (Wildman–Crippen LogP) is 3.31. The molecule has 19 heavy (non-hydrogen) atoms. The Morgan fingerprint density at radius 1 is 1.37 bits per heavy atom. The fourth-order valence-electron chi connectivity index (χ4n) is 2.94. The van der Waals surface area contributed by atoms with Crippen molar-refractivity contribution in [2.45, 2.75) is 51.5 Å². The number of hydrogen-bond acceptors (Lipinski definition) is 2. The fraction of sp³-hybridized carbons (Fsp3) is 0.562. The number of aromatic nitrogens is 2. The Morgan fingerprint density at radius 3 is 2.74 bits per heavy atom. The van der Waals surface area contributed by atoms with Crippen molar-refractivity contribution in [1.29, 1.82) is 0 Å². The first kappa shape index (κ1) is 12.7. The molecule has 0 atom stereocenters. The average molecular weight is 257 g/mol. The van der Waals surface area contributed by atoms with Crippen LogP contribution in [0.2, 0.25) is 0 Å². The van der Waals surface area contributed by atoms with E-state index in [9.17, 15) is 0 Å². The maximum Gasteiger partial charge on any atom is 0.106 e. The molecule has 1 aliphatic rings. The van der Waals surface area contributed by atoms with Gasteiger partial charge in [-0.3, -0.25) is 0 Å². The molecule has 1 aliphatic carbocycles. The average Bonchev–Trinajstić information content (AvgIpc) is 3.11. The summed E-state index contributed by atoms with van der Waals surface area (Å²) in [6.07, 6.45) is 3.60. The van der Waals surface area contributed by atoms with Crippen LogP contribution in [0.25, 0.3) is 11.0 Å². The lowest BCUT2D eigenvalue weighted by Crippen LogP contribution is -2.21. The third kappa shape index (κ3) is 2.16. The van der Waals surface area contributed by atoms with E-state index in [1.807, 2.05) is 0 Å². The van der Waals surface area contributed by atoms with E-state index in [2.05, 4.69) is 43.5 Å². The van der Waals surface area contributed by atoms with Crippen LogP contribution >= 0.6 is 0 Å². The topological polar surface area (TPSA) is 43.8 Å². The van der Waals surface area contributed by atoms with Crippen LogP contribution in [0, 0.1) is 6.92 Å². The van der Waals surface area contributed by atoms with Gasteiger partial charge in [0.05, 0.1) is 11.0 Å². The lowest BCUT2D eigenvalue weighted by atomic mass is 9.81. The van der Waals surface area contributed by atoms with Gasteiger partial charge in [0.25, 0.3) is 0 Å². The van der Waals surface area contributed by atoms with Crippen molar-refractivity contribution >= 4 is 11.0 Å². The van der Waals surface area contributed by atoms with Crippen molar-refractivity contribution in [3.63, 3.8) is 0 Å². The Balaban J connectivity index is 2.07. The molecule has 2 N–H and O–H groups in total. The van der Waals surface area contributed by atoms with E-state index in [1.54, 1.807) is 0 Å². The molecule has 0 radical (unpaired) electrons. The maximum atomic E-state index is 5.72. The first-order valence-corrected chi connectivity index (χ1v) is 7.22. The summed E-state index contributed by atoms with van der Waals surface area (Å²) in [5, 5.41) is 0. The summed E-state index contributed by atoms with van der Waals surface area (Å²) < 4.78 is 2.40. The smallest absolute Gasteiger partial charge is 0.106 e. The van der Waals surface area contributed by atoms with Gasteiger partial charge >= 0.3 is 0 Å². The molecular weight excluding hydrogens is 234 g/mol. The van der Waals surface area contributed by atoms with E-state index in [0.29, 0.717) is 6.04 Å². The number of imidazole rings is 1. The van der Waals surface area contributed by atoms with Crippen LogP contribution in [0.1, 0.15) is 50.5 Å². The number of nitrogens with zero attached hydrogens (tertiary/aromatic N) is 2. The van der Waals surface area contributed by atoms with Gasteiger partial charge in [0.2, 0.25) is 0 Å². The van der Waals surface area contributed by atoms with Gasteiger partial charge in [-0.2, -0.15) is 0 Å². The van der Waals surface area contributed by atoms with E-state index in [-0.39, 0.29) is 5.41 Å². The van der Waals surface area contributed by atoms with Crippen LogP contribution in [0.3, 0.4) is 0 Å². The van der Waals surface area contributed by atoms with E-state index in [4.69, 9.17) is 10.7 Å². The van der Waals surface area contributed by atoms with Gasteiger partial charge in [0.15, 0.2) is 0 Å². The van der Waals surface area contributed by atoms with Crippen molar-refractivity contribution < 1.29 is 0 Å². The number of fused-ring (bicyclic) bond motifs is 1. The summed E-state index contributed by atoms with van der Waals surface area (Å²) in [7, 11) is 0. The SMILES string of the molecule is Cc1nc2cc(C(C)(C)CCN)ccc2n1C1CC1. The minimum atomic E-state index is 0.125. The van der Waals surface area contributed by atoms with Gasteiger partial charge in [-0.15, -0.1) is 0 Å². The zero-order chi connectivity index (χ0) is 13.6. The molecule has 3 heteroatoms. The van der Waals surface area contributed by atoms with Crippen LogP contribution in [0.15, 0.2) is 18.2 Å². The van der Waals surface area contributed by atoms with Gasteiger partial charge in [-0.25, -0.2) is 4.98 Å². The summed E-state index contributed by atoms with van der Waals surface area (Å²) >= 11 is 0. The molecule has 0 unspecified atom stereocenters. The normalized spacial score (nSPS) is 16.2. The zero-order valence-corrected chi connectivity index (χ0v) is 12.1. The van der Waals surface area contributed by atoms with Gasteiger partial charge in [0, 0.05) is 6.04 Å². The van der Waals surface area contributed by atoms with E-state index in [0.717, 1.165) is 24.3 Å². The van der Waals surface area contributed by atoms with Crippen molar-refractivity contribution in [3.8, 4) is 0 Å². The minimum Gasteiger partial charge on any atom is -0.330 e. The first-order valence-electron chi connectivity index (χ1n) is 7.22. The lowest BCUT2D eigenvalue weighted by Gasteiger charge is -2.24. The molecule has 102 valence electrons. The van der Waals surface area contributed by atoms with Crippen LogP contribution in [-0.4, -0.2) is 16.1 Å². The lowest BCUT2D eigenvalue weighted by molar-refractivity contribution is 0.488. The van der Waals surface area contributed by atoms with Crippen LogP contribution in [0.4, 0.5) is 0 Å². The Bertz CT molecular complexity index is 606. The number of nitrogens with two attached hydrogens (primary N) is 1. The Hall–Kier alpha value is -1.35. The minimum absolute atomic E-state index is 0.125. The molecule has 3 nitrogen and oxygen atoms in total. The molecule has 2 aromatic rings. The number of hydrogen-bond donors (Lipinski definition) is 1. The van der Waals surface area contributed by atoms with Crippen LogP contribution < -0.4 is 5.73 Å². The molecule has 1 aromatic heterocycles. The fourth-order valence-corrected chi connectivity index (χ4v) is 2.94. The molecule has 1 fully saturated rings. The quantitative estimate of drug-likeness (QED) is 0.913. The van der Waals surface area contributed by atoms with Gasteiger partial charge in [0.1, 0.15) is 5.82 Å². The third-order valence-corrected chi connectivity index (χ3v) is 4.33. The third-order valence-electron chi connectivity index (χ3n) is 4.33. The van der Waals surface area contributed by atoms with Crippen molar-refractivity contribution in [1.82, 2.24) is 9.55 Å². The van der Waals surface area contributed by atoms with E-state index >= 15 is 0 Å². The highest BCUT2D eigenvalue weighted by molar-refractivity contribution is 5.77. The predicted molar refractivity (Wildman–Crippen MR) is 79.4 cm³/mol. The monoisotopic (exact) mass is 257 g/mol. The molecule has 0 amide bonds. The Morgan fingerprint density at radius 2 is 2.11 bits per heavy atom. The van der Waals surface area contributed by atoms with Crippen molar-refractivity contribution in [2.24, 2.45) is 5.73 Å². The summed E-state index contributed by atoms with van der Waals surface area (Å²) in [4.78, 5) is 4.74. The molecule has 1 saturated carbocycles. The largest absolute Gasteiger partial charge is 0.330 e. The van der Waals surface area contributed by atoms with Crippen molar-refractivity contribution in [2.75, 3.05) is 6.54 Å². The molecule has 3 rings (SSSR count). The van der Waals surface area contributed by atoms with Crippen LogP contribution in [0.5, 0.6) is 0 Å². The second-order valence-electron chi connectivity index (χ2n) is 6.39. The number of benzene rings is 1. The van der Waals surface area contributed by atoms with E-state index in [1.165, 1.54) is 23.9 Å². The van der Waals surface area contributed by atoms with Crippen molar-refractivity contribution in [3.05, 3.63) is 29.6 Å². The van der Waals surface area contributed by atoms with Gasteiger partial charge < -0.3 is 10.3 Å². The highest BCUT2D eigenvalue weighted by Gasteiger charge is 2.27. The molecule has 1 aromatic carbocycles. The van der Waals surface area contributed by atoms with Gasteiger partial charge in [-0.05, 0) is 55.8 Å². The second-order valence-corrected chi connectivity index (χ2v) is 6.39. The summed E-state index contributed by atoms with van der Waals surface area (Å²) in [6.45, 7) is 7.35. The molecular formula is C16H23N3. The standard InChI is InChI=1S/C16H23N3/c1-11-18-14-10-12(16(2,3)8-9-17)4-7-15(14)19(11)13-5-6-13/h4,7,10,13H,5-6,8-9,17H2,1-3H3. The molecule has 0 spiro atoms. The maximum absolute atomic E-state index is 5.72. The summed E-state index contributed by atoms with van der Waals surface area (Å²) in [5.41, 5.74) is 9.60.